The number of carbonyl (C=O) groups is 1. The second-order valence-corrected chi connectivity index (χ2v) is 4.88. The second kappa shape index (κ2) is 4.59. The fourth-order valence-corrected chi connectivity index (χ4v) is 2.52. The normalized spacial score (nSPS) is 10.8. The first-order chi connectivity index (χ1) is 9.18. The molecule has 0 radical (unpaired) electrons. The number of hydrogen-bond donors (Lipinski definition) is 1. The van der Waals surface area contributed by atoms with Crippen molar-refractivity contribution in [2.24, 2.45) is 0 Å². The minimum absolute atomic E-state index is 0.0345. The molecule has 1 aromatic carbocycles. The monoisotopic (exact) mass is 318 g/mol. The molecule has 2 heterocycles. The number of pyridine rings is 1. The number of ketones is 1. The molecule has 1 N–H and O–H groups in total. The van der Waals surface area contributed by atoms with Gasteiger partial charge in [-0.1, -0.05) is 6.07 Å². The number of nitrogens with one attached hydrogen (secondary N) is 1. The summed E-state index contributed by atoms with van der Waals surface area (Å²) in [6, 6.07) is 7.98. The van der Waals surface area contributed by atoms with Gasteiger partial charge in [-0.2, -0.15) is 0 Å². The van der Waals surface area contributed by atoms with Crippen LogP contribution in [0.1, 0.15) is 15.9 Å². The first-order valence-electron chi connectivity index (χ1n) is 5.59. The average Bonchev–Trinajstić information content (AvgIpc) is 2.82. The molecular formula is C14H8BrFN2O. The molecule has 0 bridgehead atoms. The van der Waals surface area contributed by atoms with E-state index in [1.165, 1.54) is 6.07 Å². The third-order valence-electron chi connectivity index (χ3n) is 2.89. The van der Waals surface area contributed by atoms with E-state index in [1.807, 2.05) is 0 Å². The van der Waals surface area contributed by atoms with Crippen LogP contribution < -0.4 is 0 Å². The summed E-state index contributed by atoms with van der Waals surface area (Å²) >= 11 is 3.21. The van der Waals surface area contributed by atoms with Crippen molar-refractivity contribution < 1.29 is 9.18 Å². The molecule has 0 atom stereocenters. The lowest BCUT2D eigenvalue weighted by Gasteiger charge is -2.04. The fraction of sp³-hybridized carbons (Fsp3) is 0. The molecule has 0 unspecified atom stereocenters. The van der Waals surface area contributed by atoms with Gasteiger partial charge in [0.1, 0.15) is 11.5 Å². The predicted molar refractivity (Wildman–Crippen MR) is 73.6 cm³/mol. The summed E-state index contributed by atoms with van der Waals surface area (Å²) in [6.45, 7) is 0. The Kier molecular flexibility index (Phi) is 2.91. The van der Waals surface area contributed by atoms with E-state index in [0.29, 0.717) is 21.1 Å². The fourth-order valence-electron chi connectivity index (χ4n) is 1.99. The number of aromatic nitrogens is 2. The number of carbonyl (C=O) groups excluding carboxylic acids is 1. The SMILES string of the molecule is O=C(c1c(F)cccc1Br)c1c[nH]c2ncccc12. The molecule has 0 spiro atoms. The van der Waals surface area contributed by atoms with E-state index in [1.54, 1.807) is 36.7 Å². The second-order valence-electron chi connectivity index (χ2n) is 4.03. The maximum atomic E-state index is 13.8. The molecule has 0 aliphatic rings. The van der Waals surface area contributed by atoms with Gasteiger partial charge in [-0.05, 0) is 40.2 Å². The third-order valence-corrected chi connectivity index (χ3v) is 3.55. The van der Waals surface area contributed by atoms with E-state index in [0.717, 1.165) is 0 Å². The van der Waals surface area contributed by atoms with Crippen LogP contribution in [0.2, 0.25) is 0 Å². The van der Waals surface area contributed by atoms with Crippen molar-refractivity contribution in [3.05, 3.63) is 64.1 Å². The third kappa shape index (κ3) is 1.96. The summed E-state index contributed by atoms with van der Waals surface area (Å²) < 4.78 is 14.3. The van der Waals surface area contributed by atoms with Gasteiger partial charge in [0, 0.05) is 27.8 Å². The van der Waals surface area contributed by atoms with Gasteiger partial charge in [0.05, 0.1) is 5.56 Å². The summed E-state index contributed by atoms with van der Waals surface area (Å²) in [7, 11) is 0. The number of benzene rings is 1. The highest BCUT2D eigenvalue weighted by atomic mass is 79.9. The predicted octanol–water partition coefficient (Wildman–Crippen LogP) is 3.70. The Labute approximate surface area is 116 Å². The summed E-state index contributed by atoms with van der Waals surface area (Å²) in [4.78, 5) is 19.5. The minimum atomic E-state index is -0.544. The van der Waals surface area contributed by atoms with Crippen LogP contribution in [-0.2, 0) is 0 Å². The van der Waals surface area contributed by atoms with Crippen molar-refractivity contribution in [3.8, 4) is 0 Å². The van der Waals surface area contributed by atoms with E-state index in [4.69, 9.17) is 0 Å². The van der Waals surface area contributed by atoms with Gasteiger partial charge >= 0.3 is 0 Å². The smallest absolute Gasteiger partial charge is 0.199 e. The van der Waals surface area contributed by atoms with Crippen molar-refractivity contribution in [3.63, 3.8) is 0 Å². The molecule has 0 saturated heterocycles. The molecule has 3 nitrogen and oxygen atoms in total. The van der Waals surface area contributed by atoms with E-state index < -0.39 is 5.82 Å². The molecule has 3 rings (SSSR count). The van der Waals surface area contributed by atoms with Gasteiger partial charge in [0.25, 0.3) is 0 Å². The zero-order valence-electron chi connectivity index (χ0n) is 9.65. The summed E-state index contributed by atoms with van der Waals surface area (Å²) in [5.74, 6) is -0.915. The largest absolute Gasteiger partial charge is 0.345 e. The Bertz CT molecular complexity index is 762. The Hall–Kier alpha value is -2.01. The average molecular weight is 319 g/mol. The van der Waals surface area contributed by atoms with Crippen LogP contribution in [-0.4, -0.2) is 15.8 Å². The highest BCUT2D eigenvalue weighted by molar-refractivity contribution is 9.10. The molecule has 0 aliphatic carbocycles. The number of nitrogens with zero attached hydrogens (tertiary/aromatic N) is 1. The number of halogens is 2. The topological polar surface area (TPSA) is 45.8 Å². The molecule has 3 aromatic rings. The van der Waals surface area contributed by atoms with Gasteiger partial charge in [0.2, 0.25) is 0 Å². The molecule has 0 aliphatic heterocycles. The van der Waals surface area contributed by atoms with E-state index in [9.17, 15) is 9.18 Å². The lowest BCUT2D eigenvalue weighted by Crippen LogP contribution is -2.04. The molecule has 94 valence electrons. The molecule has 19 heavy (non-hydrogen) atoms. The van der Waals surface area contributed by atoms with Crippen LogP contribution >= 0.6 is 15.9 Å². The molecular weight excluding hydrogens is 311 g/mol. The van der Waals surface area contributed by atoms with Gasteiger partial charge in [-0.3, -0.25) is 4.79 Å². The minimum Gasteiger partial charge on any atom is -0.345 e. The Morgan fingerprint density at radius 1 is 1.26 bits per heavy atom. The van der Waals surface area contributed by atoms with Crippen molar-refractivity contribution in [2.45, 2.75) is 0 Å². The van der Waals surface area contributed by atoms with Crippen molar-refractivity contribution in [1.82, 2.24) is 9.97 Å². The standard InChI is InChI=1S/C14H8BrFN2O/c15-10-4-1-5-11(16)12(10)13(19)9-7-18-14-8(9)3-2-6-17-14/h1-7H,(H,17,18). The quantitative estimate of drug-likeness (QED) is 0.732. The zero-order valence-corrected chi connectivity index (χ0v) is 11.2. The highest BCUT2D eigenvalue weighted by Crippen LogP contribution is 2.25. The summed E-state index contributed by atoms with van der Waals surface area (Å²) in [5.41, 5.74) is 1.06. The number of fused-ring (bicyclic) bond motifs is 1. The molecule has 0 fully saturated rings. The van der Waals surface area contributed by atoms with Crippen LogP contribution in [0.15, 0.2) is 47.2 Å². The highest BCUT2D eigenvalue weighted by Gasteiger charge is 2.20. The van der Waals surface area contributed by atoms with Crippen molar-refractivity contribution >= 4 is 32.7 Å². The first-order valence-corrected chi connectivity index (χ1v) is 6.38. The van der Waals surface area contributed by atoms with Gasteiger partial charge < -0.3 is 4.98 Å². The number of aromatic amines is 1. The van der Waals surface area contributed by atoms with Gasteiger partial charge in [-0.25, -0.2) is 9.37 Å². The maximum absolute atomic E-state index is 13.8. The molecule has 5 heteroatoms. The van der Waals surface area contributed by atoms with Gasteiger partial charge in [0.15, 0.2) is 5.78 Å². The zero-order chi connectivity index (χ0) is 13.4. The van der Waals surface area contributed by atoms with E-state index in [-0.39, 0.29) is 11.3 Å². The summed E-state index contributed by atoms with van der Waals surface area (Å²) in [6.07, 6.45) is 3.19. The van der Waals surface area contributed by atoms with Gasteiger partial charge in [-0.15, -0.1) is 0 Å². The van der Waals surface area contributed by atoms with Crippen LogP contribution in [0, 0.1) is 5.82 Å². The number of hydrogen-bond acceptors (Lipinski definition) is 2. The van der Waals surface area contributed by atoms with Crippen LogP contribution in [0.25, 0.3) is 11.0 Å². The maximum Gasteiger partial charge on any atom is 0.199 e. The Balaban J connectivity index is 2.20. The van der Waals surface area contributed by atoms with Crippen LogP contribution in [0.4, 0.5) is 4.39 Å². The lowest BCUT2D eigenvalue weighted by molar-refractivity contribution is 0.103. The number of rotatable bonds is 2. The molecule has 0 amide bonds. The molecule has 2 aromatic heterocycles. The molecule has 0 saturated carbocycles. The Morgan fingerprint density at radius 3 is 2.89 bits per heavy atom. The Morgan fingerprint density at radius 2 is 2.11 bits per heavy atom. The van der Waals surface area contributed by atoms with Crippen molar-refractivity contribution in [1.29, 1.82) is 0 Å². The number of H-pyrrole nitrogens is 1. The van der Waals surface area contributed by atoms with Crippen LogP contribution in [0.3, 0.4) is 0 Å². The van der Waals surface area contributed by atoms with E-state index >= 15 is 0 Å². The van der Waals surface area contributed by atoms with E-state index in [2.05, 4.69) is 25.9 Å². The first kappa shape index (κ1) is 12.0. The van der Waals surface area contributed by atoms with Crippen molar-refractivity contribution in [2.75, 3.05) is 0 Å². The lowest BCUT2D eigenvalue weighted by atomic mass is 10.0. The van der Waals surface area contributed by atoms with Crippen LogP contribution in [0.5, 0.6) is 0 Å². The summed E-state index contributed by atoms with van der Waals surface area (Å²) in [5, 5.41) is 0.683.